The van der Waals surface area contributed by atoms with Gasteiger partial charge in [0, 0.05) is 37.6 Å². The first-order valence-electron chi connectivity index (χ1n) is 7.95. The number of aromatic nitrogens is 2. The van der Waals surface area contributed by atoms with Crippen molar-refractivity contribution in [2.45, 2.75) is 12.6 Å². The number of carbonyl (C=O) groups is 1. The van der Waals surface area contributed by atoms with E-state index in [4.69, 9.17) is 0 Å². The summed E-state index contributed by atoms with van der Waals surface area (Å²) in [5.74, 6) is 0.0721. The first kappa shape index (κ1) is 17.3. The average molecular weight is 350 g/mol. The lowest BCUT2D eigenvalue weighted by Gasteiger charge is -2.21. The molecule has 1 aliphatic heterocycles. The van der Waals surface area contributed by atoms with Crippen LogP contribution in [-0.2, 0) is 6.18 Å². The Bertz CT molecular complexity index is 756. The summed E-state index contributed by atoms with van der Waals surface area (Å²) in [6.45, 7) is 3.31. The van der Waals surface area contributed by atoms with Gasteiger partial charge in [-0.1, -0.05) is 6.07 Å². The van der Waals surface area contributed by atoms with Crippen LogP contribution in [0.15, 0.2) is 36.7 Å². The van der Waals surface area contributed by atoms with E-state index in [9.17, 15) is 18.0 Å². The van der Waals surface area contributed by atoms with Crippen molar-refractivity contribution < 1.29 is 18.0 Å². The highest BCUT2D eigenvalue weighted by molar-refractivity contribution is 6.07. The molecular formula is C17H17F3N4O. The SMILES string of the molecule is O=C(c1cncc(C(F)(F)F)c1)c1cccc(N2CCCNCC2)n1. The maximum absolute atomic E-state index is 12.8. The first-order valence-corrected chi connectivity index (χ1v) is 7.95. The molecule has 0 aromatic carbocycles. The van der Waals surface area contributed by atoms with Crippen LogP contribution in [0.1, 0.15) is 28.0 Å². The highest BCUT2D eigenvalue weighted by Crippen LogP contribution is 2.29. The lowest BCUT2D eigenvalue weighted by atomic mass is 10.1. The number of rotatable bonds is 3. The van der Waals surface area contributed by atoms with Gasteiger partial charge in [0.2, 0.25) is 5.78 Å². The summed E-state index contributed by atoms with van der Waals surface area (Å²) in [6, 6.07) is 5.79. The molecule has 1 aliphatic rings. The predicted octanol–water partition coefficient (Wildman–Crippen LogP) is 2.53. The van der Waals surface area contributed by atoms with Crippen LogP contribution in [0.5, 0.6) is 0 Å². The number of nitrogens with zero attached hydrogens (tertiary/aromatic N) is 3. The third-order valence-corrected chi connectivity index (χ3v) is 3.96. The Morgan fingerprint density at radius 2 is 2.00 bits per heavy atom. The molecule has 132 valence electrons. The van der Waals surface area contributed by atoms with Crippen LogP contribution in [0.2, 0.25) is 0 Å². The van der Waals surface area contributed by atoms with Gasteiger partial charge in [-0.2, -0.15) is 13.2 Å². The minimum atomic E-state index is -4.54. The summed E-state index contributed by atoms with van der Waals surface area (Å²) in [5, 5.41) is 3.28. The van der Waals surface area contributed by atoms with Gasteiger partial charge in [0.05, 0.1) is 5.56 Å². The highest BCUT2D eigenvalue weighted by Gasteiger charge is 2.31. The number of carbonyl (C=O) groups excluding carboxylic acids is 1. The number of halogens is 3. The van der Waals surface area contributed by atoms with Crippen molar-refractivity contribution in [2.24, 2.45) is 0 Å². The van der Waals surface area contributed by atoms with E-state index < -0.39 is 17.5 Å². The van der Waals surface area contributed by atoms with Crippen molar-refractivity contribution in [3.63, 3.8) is 0 Å². The van der Waals surface area contributed by atoms with E-state index >= 15 is 0 Å². The van der Waals surface area contributed by atoms with Gasteiger partial charge in [0.25, 0.3) is 0 Å². The van der Waals surface area contributed by atoms with Gasteiger partial charge in [-0.25, -0.2) is 4.98 Å². The minimum absolute atomic E-state index is 0.107. The Morgan fingerprint density at radius 3 is 2.80 bits per heavy atom. The second-order valence-electron chi connectivity index (χ2n) is 5.76. The van der Waals surface area contributed by atoms with Crippen LogP contribution in [-0.4, -0.2) is 41.9 Å². The molecule has 0 amide bonds. The zero-order valence-corrected chi connectivity index (χ0v) is 13.4. The number of hydrogen-bond acceptors (Lipinski definition) is 5. The molecule has 5 nitrogen and oxygen atoms in total. The Balaban J connectivity index is 1.86. The van der Waals surface area contributed by atoms with E-state index in [1.165, 1.54) is 6.07 Å². The number of nitrogens with one attached hydrogen (secondary N) is 1. The minimum Gasteiger partial charge on any atom is -0.355 e. The average Bonchev–Trinajstić information content (AvgIpc) is 2.90. The Labute approximate surface area is 142 Å². The number of pyridine rings is 2. The standard InChI is InChI=1S/C17H17F3N4O/c18-17(19,20)13-9-12(10-22-11-13)16(25)14-3-1-4-15(23-14)24-7-2-5-21-6-8-24/h1,3-4,9-11,21H,2,5-8H2. The molecule has 0 aliphatic carbocycles. The normalized spacial score (nSPS) is 15.7. The molecule has 0 atom stereocenters. The van der Waals surface area contributed by atoms with Crippen LogP contribution in [0.25, 0.3) is 0 Å². The quantitative estimate of drug-likeness (QED) is 0.862. The molecule has 0 spiro atoms. The van der Waals surface area contributed by atoms with Gasteiger partial charge in [-0.05, 0) is 31.2 Å². The molecule has 1 fully saturated rings. The summed E-state index contributed by atoms with van der Waals surface area (Å²) >= 11 is 0. The number of anilines is 1. The van der Waals surface area contributed by atoms with Crippen molar-refractivity contribution in [3.8, 4) is 0 Å². The number of ketones is 1. The second-order valence-corrected chi connectivity index (χ2v) is 5.76. The van der Waals surface area contributed by atoms with Gasteiger partial charge in [-0.15, -0.1) is 0 Å². The van der Waals surface area contributed by atoms with E-state index in [1.54, 1.807) is 12.1 Å². The zero-order valence-electron chi connectivity index (χ0n) is 13.4. The van der Waals surface area contributed by atoms with E-state index in [0.29, 0.717) is 12.0 Å². The van der Waals surface area contributed by atoms with Crippen LogP contribution in [0.3, 0.4) is 0 Å². The summed E-state index contributed by atoms with van der Waals surface area (Å²) in [6.07, 6.45) is -1.76. The van der Waals surface area contributed by atoms with Gasteiger partial charge >= 0.3 is 6.18 Å². The summed E-state index contributed by atoms with van der Waals surface area (Å²) in [4.78, 5) is 22.5. The van der Waals surface area contributed by atoms with Gasteiger partial charge in [0.15, 0.2) is 0 Å². The molecule has 0 unspecified atom stereocenters. The van der Waals surface area contributed by atoms with Crippen LogP contribution >= 0.6 is 0 Å². The smallest absolute Gasteiger partial charge is 0.355 e. The molecule has 1 saturated heterocycles. The lowest BCUT2D eigenvalue weighted by Crippen LogP contribution is -2.28. The topological polar surface area (TPSA) is 58.1 Å². The second kappa shape index (κ2) is 7.18. The first-order chi connectivity index (χ1) is 11.9. The van der Waals surface area contributed by atoms with E-state index in [1.807, 2.05) is 0 Å². The number of alkyl halides is 3. The Kier molecular flexibility index (Phi) is 4.98. The molecule has 3 rings (SSSR count). The van der Waals surface area contributed by atoms with Crippen molar-refractivity contribution >= 4 is 11.6 Å². The lowest BCUT2D eigenvalue weighted by molar-refractivity contribution is -0.137. The molecule has 2 aromatic heterocycles. The zero-order chi connectivity index (χ0) is 17.9. The van der Waals surface area contributed by atoms with E-state index in [-0.39, 0.29) is 11.3 Å². The monoisotopic (exact) mass is 350 g/mol. The molecular weight excluding hydrogens is 333 g/mol. The fourth-order valence-corrected chi connectivity index (χ4v) is 2.67. The Hall–Kier alpha value is -2.48. The molecule has 0 saturated carbocycles. The van der Waals surface area contributed by atoms with Crippen LogP contribution in [0, 0.1) is 0 Å². The third-order valence-electron chi connectivity index (χ3n) is 3.96. The maximum atomic E-state index is 12.8. The van der Waals surface area contributed by atoms with Crippen molar-refractivity contribution in [3.05, 3.63) is 53.5 Å². The molecule has 3 heterocycles. The molecule has 0 radical (unpaired) electrons. The third kappa shape index (κ3) is 4.14. The van der Waals surface area contributed by atoms with Crippen molar-refractivity contribution in [1.82, 2.24) is 15.3 Å². The summed E-state index contributed by atoms with van der Waals surface area (Å²) in [7, 11) is 0. The van der Waals surface area contributed by atoms with E-state index in [2.05, 4.69) is 20.2 Å². The van der Waals surface area contributed by atoms with Gasteiger partial charge < -0.3 is 10.2 Å². The molecule has 2 aromatic rings. The summed E-state index contributed by atoms with van der Waals surface area (Å²) < 4.78 is 38.4. The van der Waals surface area contributed by atoms with Gasteiger partial charge in [-0.3, -0.25) is 9.78 Å². The molecule has 8 heteroatoms. The van der Waals surface area contributed by atoms with Crippen LogP contribution in [0.4, 0.5) is 19.0 Å². The number of hydrogen-bond donors (Lipinski definition) is 1. The Morgan fingerprint density at radius 1 is 1.16 bits per heavy atom. The highest BCUT2D eigenvalue weighted by atomic mass is 19.4. The van der Waals surface area contributed by atoms with Crippen molar-refractivity contribution in [1.29, 1.82) is 0 Å². The fraction of sp³-hybridized carbons (Fsp3) is 0.353. The fourth-order valence-electron chi connectivity index (χ4n) is 2.67. The maximum Gasteiger partial charge on any atom is 0.417 e. The largest absolute Gasteiger partial charge is 0.417 e. The van der Waals surface area contributed by atoms with E-state index in [0.717, 1.165) is 44.9 Å². The molecule has 0 bridgehead atoms. The predicted molar refractivity (Wildman–Crippen MR) is 86.6 cm³/mol. The van der Waals surface area contributed by atoms with Crippen molar-refractivity contribution in [2.75, 3.05) is 31.1 Å². The molecule has 25 heavy (non-hydrogen) atoms. The summed E-state index contributed by atoms with van der Waals surface area (Å²) in [5.41, 5.74) is -0.971. The van der Waals surface area contributed by atoms with Crippen LogP contribution < -0.4 is 10.2 Å². The molecule has 1 N–H and O–H groups in total. The van der Waals surface area contributed by atoms with Gasteiger partial charge in [0.1, 0.15) is 11.5 Å².